The molecule has 0 bridgehead atoms. The van der Waals surface area contributed by atoms with Crippen LogP contribution in [0.1, 0.15) is 43.5 Å². The summed E-state index contributed by atoms with van der Waals surface area (Å²) in [6.45, 7) is 6.65. The highest BCUT2D eigenvalue weighted by molar-refractivity contribution is 5.10. The third kappa shape index (κ3) is 3.15. The van der Waals surface area contributed by atoms with Gasteiger partial charge in [-0.2, -0.15) is 0 Å². The van der Waals surface area contributed by atoms with Gasteiger partial charge in [0.2, 0.25) is 0 Å². The molecular formula is C16H25N3. The van der Waals surface area contributed by atoms with Crippen LogP contribution in [0.25, 0.3) is 0 Å². The summed E-state index contributed by atoms with van der Waals surface area (Å²) in [5, 5.41) is 3.82. The largest absolute Gasteiger partial charge is 0.310 e. The minimum Gasteiger partial charge on any atom is -0.310 e. The Kier molecular flexibility index (Phi) is 3.85. The summed E-state index contributed by atoms with van der Waals surface area (Å²) in [6.07, 6.45) is 6.75. The zero-order valence-corrected chi connectivity index (χ0v) is 12.0. The average molecular weight is 259 g/mol. The van der Waals surface area contributed by atoms with Gasteiger partial charge in [-0.1, -0.05) is 18.9 Å². The van der Waals surface area contributed by atoms with Crippen LogP contribution in [-0.2, 0) is 6.54 Å². The maximum atomic E-state index is 4.65. The molecular weight excluding hydrogens is 234 g/mol. The van der Waals surface area contributed by atoms with Crippen LogP contribution in [-0.4, -0.2) is 35.1 Å². The molecule has 104 valence electrons. The molecule has 19 heavy (non-hydrogen) atoms. The molecule has 1 saturated carbocycles. The van der Waals surface area contributed by atoms with Crippen molar-refractivity contribution in [3.05, 3.63) is 29.6 Å². The van der Waals surface area contributed by atoms with E-state index in [1.165, 1.54) is 57.4 Å². The maximum Gasteiger partial charge on any atom is 0.0547 e. The van der Waals surface area contributed by atoms with E-state index in [0.29, 0.717) is 5.54 Å². The van der Waals surface area contributed by atoms with E-state index in [4.69, 9.17) is 0 Å². The Hall–Kier alpha value is -0.930. The normalized spacial score (nSPS) is 23.6. The summed E-state index contributed by atoms with van der Waals surface area (Å²) < 4.78 is 0. The topological polar surface area (TPSA) is 28.2 Å². The molecule has 1 N–H and O–H groups in total. The summed E-state index contributed by atoms with van der Waals surface area (Å²) in [5.41, 5.74) is 2.75. The van der Waals surface area contributed by atoms with Gasteiger partial charge in [-0.3, -0.25) is 9.88 Å². The Morgan fingerprint density at radius 1 is 1.26 bits per heavy atom. The molecule has 0 amide bonds. The standard InChI is InChI=1S/C16H25N3/c1-14-6-4-7-15(18-14)12-19-11-5-10-17-16(13-19)8-2-3-9-16/h4,6-7,17H,2-3,5,8-13H2,1H3. The molecule has 0 atom stereocenters. The number of nitrogens with zero attached hydrogens (tertiary/aromatic N) is 2. The van der Waals surface area contributed by atoms with E-state index in [-0.39, 0.29) is 0 Å². The molecule has 2 heterocycles. The van der Waals surface area contributed by atoms with Gasteiger partial charge in [0.15, 0.2) is 0 Å². The molecule has 3 rings (SSSR count). The van der Waals surface area contributed by atoms with E-state index in [9.17, 15) is 0 Å². The summed E-state index contributed by atoms with van der Waals surface area (Å²) in [4.78, 5) is 7.26. The minimum absolute atomic E-state index is 0.403. The molecule has 1 saturated heterocycles. The Bertz CT molecular complexity index is 424. The van der Waals surface area contributed by atoms with Crippen LogP contribution in [0.3, 0.4) is 0 Å². The van der Waals surface area contributed by atoms with Crippen molar-refractivity contribution in [2.45, 2.75) is 51.1 Å². The Morgan fingerprint density at radius 2 is 2.11 bits per heavy atom. The Labute approximate surface area is 116 Å². The summed E-state index contributed by atoms with van der Waals surface area (Å²) in [5.74, 6) is 0. The van der Waals surface area contributed by atoms with Crippen molar-refractivity contribution in [3.8, 4) is 0 Å². The maximum absolute atomic E-state index is 4.65. The van der Waals surface area contributed by atoms with Crippen molar-refractivity contribution < 1.29 is 0 Å². The van der Waals surface area contributed by atoms with Crippen molar-refractivity contribution in [3.63, 3.8) is 0 Å². The van der Waals surface area contributed by atoms with Gasteiger partial charge in [0, 0.05) is 24.3 Å². The highest BCUT2D eigenvalue weighted by Crippen LogP contribution is 2.31. The second-order valence-corrected chi connectivity index (χ2v) is 6.25. The first-order valence-electron chi connectivity index (χ1n) is 7.66. The summed E-state index contributed by atoms with van der Waals surface area (Å²) in [6, 6.07) is 6.36. The molecule has 3 nitrogen and oxygen atoms in total. The predicted molar refractivity (Wildman–Crippen MR) is 78.1 cm³/mol. The monoisotopic (exact) mass is 259 g/mol. The third-order valence-electron chi connectivity index (χ3n) is 4.57. The van der Waals surface area contributed by atoms with E-state index in [1.54, 1.807) is 0 Å². The molecule has 1 aromatic heterocycles. The van der Waals surface area contributed by atoms with Crippen molar-refractivity contribution in [2.75, 3.05) is 19.6 Å². The lowest BCUT2D eigenvalue weighted by Crippen LogP contribution is -2.49. The lowest BCUT2D eigenvalue weighted by molar-refractivity contribution is 0.201. The Morgan fingerprint density at radius 3 is 2.89 bits per heavy atom. The fraction of sp³-hybridized carbons (Fsp3) is 0.688. The fourth-order valence-corrected chi connectivity index (χ4v) is 3.66. The van der Waals surface area contributed by atoms with Crippen LogP contribution in [0.2, 0.25) is 0 Å². The first kappa shape index (κ1) is 13.1. The lowest BCUT2D eigenvalue weighted by atomic mass is 9.97. The summed E-state index contributed by atoms with van der Waals surface area (Å²) >= 11 is 0. The number of rotatable bonds is 2. The van der Waals surface area contributed by atoms with Crippen LogP contribution in [0, 0.1) is 6.92 Å². The molecule has 2 aliphatic rings. The molecule has 1 aliphatic heterocycles. The molecule has 0 unspecified atom stereocenters. The zero-order valence-electron chi connectivity index (χ0n) is 12.0. The average Bonchev–Trinajstić information content (AvgIpc) is 2.73. The molecule has 0 aromatic carbocycles. The molecule has 2 fully saturated rings. The Balaban J connectivity index is 1.69. The van der Waals surface area contributed by atoms with Crippen molar-refractivity contribution >= 4 is 0 Å². The van der Waals surface area contributed by atoms with E-state index >= 15 is 0 Å². The number of nitrogens with one attached hydrogen (secondary N) is 1. The van der Waals surface area contributed by atoms with Gasteiger partial charge in [-0.15, -0.1) is 0 Å². The number of pyridine rings is 1. The molecule has 1 aromatic rings. The van der Waals surface area contributed by atoms with Crippen LogP contribution in [0.5, 0.6) is 0 Å². The molecule has 1 spiro atoms. The lowest BCUT2D eigenvalue weighted by Gasteiger charge is -2.33. The van der Waals surface area contributed by atoms with E-state index in [1.807, 2.05) is 0 Å². The van der Waals surface area contributed by atoms with E-state index < -0.39 is 0 Å². The van der Waals surface area contributed by atoms with Crippen LogP contribution in [0.4, 0.5) is 0 Å². The highest BCUT2D eigenvalue weighted by atomic mass is 15.2. The number of hydrogen-bond donors (Lipinski definition) is 1. The van der Waals surface area contributed by atoms with Gasteiger partial charge < -0.3 is 5.32 Å². The van der Waals surface area contributed by atoms with Crippen LogP contribution >= 0.6 is 0 Å². The van der Waals surface area contributed by atoms with Gasteiger partial charge in [-0.25, -0.2) is 0 Å². The van der Waals surface area contributed by atoms with Gasteiger partial charge >= 0.3 is 0 Å². The van der Waals surface area contributed by atoms with Gasteiger partial charge in [0.1, 0.15) is 0 Å². The van der Waals surface area contributed by atoms with Gasteiger partial charge in [0.25, 0.3) is 0 Å². The molecule has 3 heteroatoms. The quantitative estimate of drug-likeness (QED) is 0.884. The SMILES string of the molecule is Cc1cccc(CN2CCCNC3(CCCC3)C2)n1. The second-order valence-electron chi connectivity index (χ2n) is 6.25. The molecule has 0 radical (unpaired) electrons. The minimum atomic E-state index is 0.403. The third-order valence-corrected chi connectivity index (χ3v) is 4.57. The van der Waals surface area contributed by atoms with Crippen LogP contribution < -0.4 is 5.32 Å². The van der Waals surface area contributed by atoms with E-state index in [2.05, 4.69) is 40.3 Å². The van der Waals surface area contributed by atoms with Gasteiger partial charge in [0.05, 0.1) is 5.69 Å². The predicted octanol–water partition coefficient (Wildman–Crippen LogP) is 2.50. The zero-order chi connectivity index (χ0) is 13.1. The smallest absolute Gasteiger partial charge is 0.0547 e. The fourth-order valence-electron chi connectivity index (χ4n) is 3.66. The number of aromatic nitrogens is 1. The first-order chi connectivity index (χ1) is 9.26. The number of hydrogen-bond acceptors (Lipinski definition) is 3. The van der Waals surface area contributed by atoms with Crippen molar-refractivity contribution in [1.29, 1.82) is 0 Å². The number of aryl methyl sites for hydroxylation is 1. The second kappa shape index (κ2) is 5.59. The van der Waals surface area contributed by atoms with E-state index in [0.717, 1.165) is 12.2 Å². The first-order valence-corrected chi connectivity index (χ1v) is 7.66. The highest BCUT2D eigenvalue weighted by Gasteiger charge is 2.36. The van der Waals surface area contributed by atoms with Crippen molar-refractivity contribution in [2.24, 2.45) is 0 Å². The molecule has 1 aliphatic carbocycles. The van der Waals surface area contributed by atoms with Gasteiger partial charge in [-0.05, 0) is 51.4 Å². The van der Waals surface area contributed by atoms with Crippen molar-refractivity contribution in [1.82, 2.24) is 15.2 Å². The summed E-state index contributed by atoms with van der Waals surface area (Å²) in [7, 11) is 0. The van der Waals surface area contributed by atoms with Crippen LogP contribution in [0.15, 0.2) is 18.2 Å².